The first kappa shape index (κ1) is 14.9. The number of aromatic nitrogens is 2. The van der Waals surface area contributed by atoms with Crippen molar-refractivity contribution in [2.24, 2.45) is 11.8 Å². The van der Waals surface area contributed by atoms with E-state index in [1.165, 1.54) is 6.42 Å². The van der Waals surface area contributed by atoms with Crippen molar-refractivity contribution in [3.8, 4) is 0 Å². The first-order valence-corrected chi connectivity index (χ1v) is 8.07. The Morgan fingerprint density at radius 2 is 2.09 bits per heavy atom. The lowest BCUT2D eigenvalue weighted by atomic mass is 9.92. The van der Waals surface area contributed by atoms with Crippen molar-refractivity contribution < 1.29 is 4.79 Å². The number of nitrogens with zero attached hydrogens (tertiary/aromatic N) is 3. The van der Waals surface area contributed by atoms with Crippen molar-refractivity contribution in [2.45, 2.75) is 26.7 Å². The fourth-order valence-electron chi connectivity index (χ4n) is 3.35. The molecule has 2 aromatic rings. The molecule has 1 N–H and O–H groups in total. The van der Waals surface area contributed by atoms with Gasteiger partial charge in [0.05, 0.1) is 5.69 Å². The molecule has 0 aliphatic carbocycles. The maximum atomic E-state index is 12.2. The summed E-state index contributed by atoms with van der Waals surface area (Å²) in [6.45, 7) is 6.79. The minimum Gasteiger partial charge on any atom is -0.338 e. The molecule has 1 fully saturated rings. The van der Waals surface area contributed by atoms with Crippen LogP contribution in [0.25, 0.3) is 5.65 Å². The SMILES string of the molecule is CC1CC(C)CN(C(=O)NCCc2cn3ccccc3n2)C1. The van der Waals surface area contributed by atoms with E-state index in [1.54, 1.807) is 0 Å². The molecule has 1 aliphatic rings. The van der Waals surface area contributed by atoms with E-state index >= 15 is 0 Å². The zero-order chi connectivity index (χ0) is 15.5. The smallest absolute Gasteiger partial charge is 0.317 e. The lowest BCUT2D eigenvalue weighted by Gasteiger charge is -2.34. The Labute approximate surface area is 131 Å². The molecule has 1 aliphatic heterocycles. The van der Waals surface area contributed by atoms with Gasteiger partial charge in [0.25, 0.3) is 0 Å². The summed E-state index contributed by atoms with van der Waals surface area (Å²) < 4.78 is 2.01. The summed E-state index contributed by atoms with van der Waals surface area (Å²) >= 11 is 0. The van der Waals surface area contributed by atoms with E-state index < -0.39 is 0 Å². The highest BCUT2D eigenvalue weighted by Gasteiger charge is 2.24. The number of carbonyl (C=O) groups is 1. The average Bonchev–Trinajstić information content (AvgIpc) is 2.88. The zero-order valence-electron chi connectivity index (χ0n) is 13.3. The second-order valence-electron chi connectivity index (χ2n) is 6.53. The third-order valence-electron chi connectivity index (χ3n) is 4.23. The van der Waals surface area contributed by atoms with Gasteiger partial charge in [-0.1, -0.05) is 19.9 Å². The number of rotatable bonds is 3. The van der Waals surface area contributed by atoms with Crippen molar-refractivity contribution in [1.29, 1.82) is 0 Å². The van der Waals surface area contributed by atoms with E-state index in [4.69, 9.17) is 0 Å². The van der Waals surface area contributed by atoms with Crippen LogP contribution in [0.1, 0.15) is 26.0 Å². The molecule has 5 heteroatoms. The van der Waals surface area contributed by atoms with E-state index in [0.29, 0.717) is 18.4 Å². The Kier molecular flexibility index (Phi) is 4.32. The topological polar surface area (TPSA) is 49.6 Å². The Morgan fingerprint density at radius 3 is 2.82 bits per heavy atom. The van der Waals surface area contributed by atoms with Crippen LogP contribution in [-0.4, -0.2) is 39.9 Å². The maximum Gasteiger partial charge on any atom is 0.317 e. The van der Waals surface area contributed by atoms with Gasteiger partial charge in [0.2, 0.25) is 0 Å². The average molecular weight is 300 g/mol. The third-order valence-corrected chi connectivity index (χ3v) is 4.23. The number of urea groups is 1. The molecular weight excluding hydrogens is 276 g/mol. The molecule has 2 unspecified atom stereocenters. The Hall–Kier alpha value is -2.04. The minimum atomic E-state index is 0.0576. The summed E-state index contributed by atoms with van der Waals surface area (Å²) in [4.78, 5) is 18.7. The first-order chi connectivity index (χ1) is 10.6. The number of hydrogen-bond acceptors (Lipinski definition) is 2. The Bertz CT molecular complexity index is 608. The normalized spacial score (nSPS) is 22.0. The van der Waals surface area contributed by atoms with Crippen molar-refractivity contribution in [3.05, 3.63) is 36.3 Å². The molecule has 2 atom stereocenters. The molecule has 22 heavy (non-hydrogen) atoms. The number of hydrogen-bond donors (Lipinski definition) is 1. The van der Waals surface area contributed by atoms with Crippen LogP contribution >= 0.6 is 0 Å². The first-order valence-electron chi connectivity index (χ1n) is 8.07. The van der Waals surface area contributed by atoms with Gasteiger partial charge < -0.3 is 14.6 Å². The molecule has 0 radical (unpaired) electrons. The van der Waals surface area contributed by atoms with E-state index in [9.17, 15) is 4.79 Å². The number of imidazole rings is 1. The Morgan fingerprint density at radius 1 is 1.32 bits per heavy atom. The molecule has 0 saturated carbocycles. The number of piperidine rings is 1. The highest BCUT2D eigenvalue weighted by atomic mass is 16.2. The zero-order valence-corrected chi connectivity index (χ0v) is 13.3. The summed E-state index contributed by atoms with van der Waals surface area (Å²) in [5, 5.41) is 3.02. The molecule has 2 amide bonds. The number of nitrogens with one attached hydrogen (secondary N) is 1. The van der Waals surface area contributed by atoms with Gasteiger partial charge in [-0.2, -0.15) is 0 Å². The second kappa shape index (κ2) is 6.38. The second-order valence-corrected chi connectivity index (χ2v) is 6.53. The molecule has 118 valence electrons. The van der Waals surface area contributed by atoms with E-state index in [2.05, 4.69) is 24.1 Å². The molecule has 0 bridgehead atoms. The van der Waals surface area contributed by atoms with Crippen LogP contribution in [0.2, 0.25) is 0 Å². The molecule has 0 spiro atoms. The fraction of sp³-hybridized carbons (Fsp3) is 0.529. The summed E-state index contributed by atoms with van der Waals surface area (Å²) in [6.07, 6.45) is 5.98. The fourth-order valence-corrected chi connectivity index (χ4v) is 3.35. The Balaban J connectivity index is 1.51. The van der Waals surface area contributed by atoms with Crippen molar-refractivity contribution in [2.75, 3.05) is 19.6 Å². The van der Waals surface area contributed by atoms with E-state index in [-0.39, 0.29) is 6.03 Å². The van der Waals surface area contributed by atoms with Crippen molar-refractivity contribution in [1.82, 2.24) is 19.6 Å². The summed E-state index contributed by atoms with van der Waals surface area (Å²) in [7, 11) is 0. The molecular formula is C17H24N4O. The van der Waals surface area contributed by atoms with Gasteiger partial charge in [-0.25, -0.2) is 9.78 Å². The van der Waals surface area contributed by atoms with Crippen molar-refractivity contribution in [3.63, 3.8) is 0 Å². The summed E-state index contributed by atoms with van der Waals surface area (Å²) in [6, 6.07) is 6.01. The predicted molar refractivity (Wildman–Crippen MR) is 86.8 cm³/mol. The maximum absolute atomic E-state index is 12.2. The van der Waals surface area contributed by atoms with Gasteiger partial charge in [0.1, 0.15) is 5.65 Å². The largest absolute Gasteiger partial charge is 0.338 e. The summed E-state index contributed by atoms with van der Waals surface area (Å²) in [5.74, 6) is 1.18. The number of carbonyl (C=O) groups excluding carboxylic acids is 1. The van der Waals surface area contributed by atoms with Crippen LogP contribution in [-0.2, 0) is 6.42 Å². The van der Waals surface area contributed by atoms with Gasteiger partial charge in [-0.3, -0.25) is 0 Å². The predicted octanol–water partition coefficient (Wildman–Crippen LogP) is 2.56. The van der Waals surface area contributed by atoms with Gasteiger partial charge >= 0.3 is 6.03 Å². The number of amides is 2. The standard InChI is InChI=1S/C17H24N4O/c1-13-9-14(2)11-21(10-13)17(22)18-7-6-15-12-20-8-4-3-5-16(20)19-15/h3-5,8,12-14H,6-7,9-11H2,1-2H3,(H,18,22). The lowest BCUT2D eigenvalue weighted by molar-refractivity contribution is 0.146. The quantitative estimate of drug-likeness (QED) is 0.947. The highest BCUT2D eigenvalue weighted by Crippen LogP contribution is 2.20. The van der Waals surface area contributed by atoms with Crippen LogP contribution in [0.3, 0.4) is 0 Å². The number of pyridine rings is 1. The van der Waals surface area contributed by atoms with E-state index in [1.807, 2.05) is 39.9 Å². The van der Waals surface area contributed by atoms with Crippen molar-refractivity contribution >= 4 is 11.7 Å². The van der Waals surface area contributed by atoms with E-state index in [0.717, 1.165) is 30.9 Å². The number of fused-ring (bicyclic) bond motifs is 1. The van der Waals surface area contributed by atoms with Crippen LogP contribution in [0.4, 0.5) is 4.79 Å². The molecule has 3 heterocycles. The molecule has 1 saturated heterocycles. The molecule has 2 aromatic heterocycles. The van der Waals surface area contributed by atoms with Crippen LogP contribution in [0, 0.1) is 11.8 Å². The van der Waals surface area contributed by atoms with Gasteiger partial charge in [0, 0.05) is 38.4 Å². The van der Waals surface area contributed by atoms with Gasteiger partial charge in [-0.15, -0.1) is 0 Å². The van der Waals surface area contributed by atoms with Crippen LogP contribution in [0.15, 0.2) is 30.6 Å². The molecule has 0 aromatic carbocycles. The van der Waals surface area contributed by atoms with Crippen LogP contribution in [0.5, 0.6) is 0 Å². The monoisotopic (exact) mass is 300 g/mol. The third kappa shape index (κ3) is 3.40. The minimum absolute atomic E-state index is 0.0576. The lowest BCUT2D eigenvalue weighted by Crippen LogP contribution is -2.47. The van der Waals surface area contributed by atoms with Gasteiger partial charge in [-0.05, 0) is 30.4 Å². The number of likely N-dealkylation sites (tertiary alicyclic amines) is 1. The van der Waals surface area contributed by atoms with Gasteiger partial charge in [0.15, 0.2) is 0 Å². The molecule has 3 rings (SSSR count). The molecule has 5 nitrogen and oxygen atoms in total. The highest BCUT2D eigenvalue weighted by molar-refractivity contribution is 5.74. The summed E-state index contributed by atoms with van der Waals surface area (Å²) in [5.41, 5.74) is 1.95. The van der Waals surface area contributed by atoms with Crippen LogP contribution < -0.4 is 5.32 Å².